The molecule has 22 heavy (non-hydrogen) atoms. The van der Waals surface area contributed by atoms with Gasteiger partial charge < -0.3 is 15.4 Å². The summed E-state index contributed by atoms with van der Waals surface area (Å²) in [5, 5.41) is 5.70. The number of benzene rings is 2. The average molecular weight is 382 g/mol. The molecule has 0 atom stereocenters. The summed E-state index contributed by atoms with van der Waals surface area (Å²) in [5.41, 5.74) is 1.42. The van der Waals surface area contributed by atoms with Gasteiger partial charge in [-0.05, 0) is 30.3 Å². The molecule has 112 valence electrons. The van der Waals surface area contributed by atoms with E-state index in [1.807, 2.05) is 0 Å². The zero-order valence-corrected chi connectivity index (χ0v) is 13.5. The van der Waals surface area contributed by atoms with Gasteiger partial charge in [0.05, 0.1) is 16.4 Å². The van der Waals surface area contributed by atoms with Crippen molar-refractivity contribution in [1.82, 2.24) is 0 Å². The molecular formula is C15H10BrClN2O3. The Labute approximate surface area is 139 Å². The number of rotatable bonds is 2. The molecule has 0 radical (unpaired) electrons. The summed E-state index contributed by atoms with van der Waals surface area (Å²) in [4.78, 5) is 23.5. The molecule has 2 aromatic carbocycles. The fourth-order valence-corrected chi connectivity index (χ4v) is 2.47. The molecule has 0 aliphatic carbocycles. The van der Waals surface area contributed by atoms with Crippen LogP contribution in [0.2, 0.25) is 5.02 Å². The fraction of sp³-hybridized carbons (Fsp3) is 0.0667. The Bertz CT molecular complexity index is 762. The van der Waals surface area contributed by atoms with Crippen molar-refractivity contribution in [2.75, 3.05) is 17.2 Å². The number of hydrogen-bond donors (Lipinski definition) is 2. The molecule has 0 spiro atoms. The normalized spacial score (nSPS) is 12.9. The quantitative estimate of drug-likeness (QED) is 0.834. The molecule has 0 saturated carbocycles. The molecule has 0 saturated heterocycles. The first-order valence-corrected chi connectivity index (χ1v) is 7.53. The second kappa shape index (κ2) is 5.98. The fourth-order valence-electron chi connectivity index (χ4n) is 1.99. The molecule has 1 aliphatic heterocycles. The van der Waals surface area contributed by atoms with Crippen LogP contribution in [0.4, 0.5) is 11.4 Å². The number of amides is 2. The Morgan fingerprint density at radius 1 is 1.27 bits per heavy atom. The molecule has 0 unspecified atom stereocenters. The lowest BCUT2D eigenvalue weighted by molar-refractivity contribution is -0.118. The van der Waals surface area contributed by atoms with Gasteiger partial charge >= 0.3 is 0 Å². The first-order chi connectivity index (χ1) is 10.5. The standard InChI is InChI=1S/C15H10BrClN2O3/c16-9-3-1-8(2-4-9)15(21)19-11-6-13-12(5-10(11)17)18-14(20)7-22-13/h1-6H,7H2,(H,18,20)(H,19,21). The van der Waals surface area contributed by atoms with Crippen LogP contribution >= 0.6 is 27.5 Å². The maximum Gasteiger partial charge on any atom is 0.262 e. The van der Waals surface area contributed by atoms with Crippen LogP contribution in [0.1, 0.15) is 10.4 Å². The molecule has 1 heterocycles. The topological polar surface area (TPSA) is 67.4 Å². The lowest BCUT2D eigenvalue weighted by Gasteiger charge is -2.19. The van der Waals surface area contributed by atoms with Crippen molar-refractivity contribution >= 4 is 50.7 Å². The van der Waals surface area contributed by atoms with Crippen molar-refractivity contribution in [2.45, 2.75) is 0 Å². The van der Waals surface area contributed by atoms with Gasteiger partial charge in [-0.15, -0.1) is 0 Å². The zero-order valence-electron chi connectivity index (χ0n) is 11.2. The number of carbonyl (C=O) groups is 2. The van der Waals surface area contributed by atoms with Gasteiger partial charge in [-0.1, -0.05) is 27.5 Å². The van der Waals surface area contributed by atoms with Crippen LogP contribution < -0.4 is 15.4 Å². The second-order valence-electron chi connectivity index (χ2n) is 4.63. The van der Waals surface area contributed by atoms with E-state index in [1.165, 1.54) is 0 Å². The maximum absolute atomic E-state index is 12.2. The zero-order chi connectivity index (χ0) is 15.7. The highest BCUT2D eigenvalue weighted by atomic mass is 79.9. The maximum atomic E-state index is 12.2. The van der Waals surface area contributed by atoms with Crippen molar-refractivity contribution in [3.63, 3.8) is 0 Å². The molecule has 0 aromatic heterocycles. The van der Waals surface area contributed by atoms with Crippen molar-refractivity contribution in [3.05, 3.63) is 51.5 Å². The van der Waals surface area contributed by atoms with Crippen molar-refractivity contribution in [2.24, 2.45) is 0 Å². The third kappa shape index (κ3) is 3.08. The summed E-state index contributed by atoms with van der Waals surface area (Å²) < 4.78 is 6.20. The minimum atomic E-state index is -0.283. The van der Waals surface area contributed by atoms with E-state index in [-0.39, 0.29) is 18.4 Å². The molecule has 2 N–H and O–H groups in total. The second-order valence-corrected chi connectivity index (χ2v) is 5.95. The van der Waals surface area contributed by atoms with Crippen molar-refractivity contribution in [1.29, 1.82) is 0 Å². The van der Waals surface area contributed by atoms with E-state index < -0.39 is 0 Å². The smallest absolute Gasteiger partial charge is 0.262 e. The van der Waals surface area contributed by atoms with E-state index in [0.29, 0.717) is 27.7 Å². The van der Waals surface area contributed by atoms with E-state index >= 15 is 0 Å². The van der Waals surface area contributed by atoms with Gasteiger partial charge in [-0.25, -0.2) is 0 Å². The molecule has 2 aromatic rings. The summed E-state index contributed by atoms with van der Waals surface area (Å²) in [6, 6.07) is 10.1. The Kier molecular flexibility index (Phi) is 4.04. The minimum Gasteiger partial charge on any atom is -0.482 e. The van der Waals surface area contributed by atoms with Gasteiger partial charge in [-0.3, -0.25) is 9.59 Å². The van der Waals surface area contributed by atoms with E-state index in [0.717, 1.165) is 4.47 Å². The number of fused-ring (bicyclic) bond motifs is 1. The highest BCUT2D eigenvalue weighted by Gasteiger charge is 2.19. The van der Waals surface area contributed by atoms with Gasteiger partial charge in [0, 0.05) is 16.1 Å². The van der Waals surface area contributed by atoms with Crippen molar-refractivity contribution in [3.8, 4) is 5.75 Å². The predicted molar refractivity (Wildman–Crippen MR) is 87.7 cm³/mol. The molecular weight excluding hydrogens is 372 g/mol. The summed E-state index contributed by atoms with van der Waals surface area (Å²) in [6.45, 7) is -0.0608. The SMILES string of the molecule is O=C1COc2cc(NC(=O)c3ccc(Br)cc3)c(Cl)cc2N1. The van der Waals surface area contributed by atoms with Crippen LogP contribution in [0.15, 0.2) is 40.9 Å². The van der Waals surface area contributed by atoms with Gasteiger partial charge in [0.15, 0.2) is 6.61 Å². The summed E-state index contributed by atoms with van der Waals surface area (Å²) in [6.07, 6.45) is 0. The molecule has 1 aliphatic rings. The Balaban J connectivity index is 1.85. The number of halogens is 2. The van der Waals surface area contributed by atoms with E-state index in [9.17, 15) is 9.59 Å². The van der Waals surface area contributed by atoms with Gasteiger partial charge in [0.25, 0.3) is 11.8 Å². The third-order valence-electron chi connectivity index (χ3n) is 3.06. The van der Waals surface area contributed by atoms with Gasteiger partial charge in [0.1, 0.15) is 5.75 Å². The average Bonchev–Trinajstić information content (AvgIpc) is 2.49. The number of carbonyl (C=O) groups excluding carboxylic acids is 2. The van der Waals surface area contributed by atoms with Crippen molar-refractivity contribution < 1.29 is 14.3 Å². The lowest BCUT2D eigenvalue weighted by atomic mass is 10.2. The van der Waals surface area contributed by atoms with Crippen LogP contribution in [0, 0.1) is 0 Å². The molecule has 3 rings (SSSR count). The predicted octanol–water partition coefficient (Wildman–Crippen LogP) is 3.69. The first kappa shape index (κ1) is 14.9. The van der Waals surface area contributed by atoms with Crippen LogP contribution in [-0.2, 0) is 4.79 Å². The number of anilines is 2. The third-order valence-corrected chi connectivity index (χ3v) is 3.90. The summed E-state index contributed by atoms with van der Waals surface area (Å²) >= 11 is 9.45. The highest BCUT2D eigenvalue weighted by Crippen LogP contribution is 2.36. The molecule has 5 nitrogen and oxygen atoms in total. The lowest BCUT2D eigenvalue weighted by Crippen LogP contribution is -2.25. The van der Waals surface area contributed by atoms with Crippen LogP contribution in [-0.4, -0.2) is 18.4 Å². The molecule has 7 heteroatoms. The van der Waals surface area contributed by atoms with Gasteiger partial charge in [0.2, 0.25) is 0 Å². The van der Waals surface area contributed by atoms with Crippen LogP contribution in [0.5, 0.6) is 5.75 Å². The minimum absolute atomic E-state index is 0.0608. The number of ether oxygens (including phenoxy) is 1. The monoisotopic (exact) mass is 380 g/mol. The van der Waals surface area contributed by atoms with Crippen LogP contribution in [0.3, 0.4) is 0 Å². The van der Waals surface area contributed by atoms with E-state index in [1.54, 1.807) is 36.4 Å². The summed E-state index contributed by atoms with van der Waals surface area (Å²) in [5.74, 6) is -0.0560. The molecule has 0 fully saturated rings. The Morgan fingerprint density at radius 2 is 2.00 bits per heavy atom. The first-order valence-electron chi connectivity index (χ1n) is 6.36. The Morgan fingerprint density at radius 3 is 2.73 bits per heavy atom. The molecule has 2 amide bonds. The van der Waals surface area contributed by atoms with E-state index in [2.05, 4.69) is 26.6 Å². The number of nitrogens with one attached hydrogen (secondary N) is 2. The van der Waals surface area contributed by atoms with Gasteiger partial charge in [-0.2, -0.15) is 0 Å². The largest absolute Gasteiger partial charge is 0.482 e. The highest BCUT2D eigenvalue weighted by molar-refractivity contribution is 9.10. The van der Waals surface area contributed by atoms with E-state index in [4.69, 9.17) is 16.3 Å². The van der Waals surface area contributed by atoms with Crippen LogP contribution in [0.25, 0.3) is 0 Å². The Hall–Kier alpha value is -2.05. The molecule has 0 bridgehead atoms. The number of hydrogen-bond acceptors (Lipinski definition) is 3. The summed E-state index contributed by atoms with van der Waals surface area (Å²) in [7, 11) is 0.